The van der Waals surface area contributed by atoms with E-state index in [-0.39, 0.29) is 6.54 Å². The molecule has 1 aliphatic heterocycles. The lowest BCUT2D eigenvalue weighted by molar-refractivity contribution is -0.144. The molecule has 1 aromatic rings. The Labute approximate surface area is 101 Å². The van der Waals surface area contributed by atoms with Gasteiger partial charge in [-0.25, -0.2) is 4.79 Å². The number of carbonyl (C=O) groups is 1. The maximum absolute atomic E-state index is 10.7. The van der Waals surface area contributed by atoms with Crippen molar-refractivity contribution in [2.24, 2.45) is 4.99 Å². The summed E-state index contributed by atoms with van der Waals surface area (Å²) in [7, 11) is 0. The van der Waals surface area contributed by atoms with Crippen molar-refractivity contribution in [1.82, 2.24) is 0 Å². The fraction of sp³-hybridized carbons (Fsp3) is 0.273. The number of carboxylic acids is 1. The summed E-state index contributed by atoms with van der Waals surface area (Å²) in [5, 5.41) is 8.74. The Morgan fingerprint density at radius 2 is 2.31 bits per heavy atom. The highest BCUT2D eigenvalue weighted by molar-refractivity contribution is 9.10. The molecule has 0 bridgehead atoms. The number of nitrogens with zero attached hydrogens (tertiary/aromatic N) is 1. The third-order valence-electron chi connectivity index (χ3n) is 2.29. The van der Waals surface area contributed by atoms with Crippen LogP contribution in [0.5, 0.6) is 0 Å². The number of hydrogen-bond donors (Lipinski definition) is 1. The van der Waals surface area contributed by atoms with Crippen molar-refractivity contribution in [3.63, 3.8) is 0 Å². The first-order chi connectivity index (χ1) is 7.66. The molecule has 2 rings (SSSR count). The zero-order valence-electron chi connectivity index (χ0n) is 8.39. The van der Waals surface area contributed by atoms with Gasteiger partial charge in [-0.3, -0.25) is 4.99 Å². The number of ether oxygens (including phenoxy) is 1. The van der Waals surface area contributed by atoms with E-state index in [0.717, 1.165) is 10.0 Å². The van der Waals surface area contributed by atoms with E-state index in [0.29, 0.717) is 12.3 Å². The lowest BCUT2D eigenvalue weighted by Gasteiger charge is -2.07. The van der Waals surface area contributed by atoms with Gasteiger partial charge in [0.2, 0.25) is 6.10 Å². The van der Waals surface area contributed by atoms with Gasteiger partial charge in [-0.15, -0.1) is 0 Å². The second-order valence-corrected chi connectivity index (χ2v) is 4.30. The van der Waals surface area contributed by atoms with Crippen LogP contribution >= 0.6 is 15.9 Å². The molecule has 1 unspecified atom stereocenters. The number of benzene rings is 1. The van der Waals surface area contributed by atoms with Gasteiger partial charge in [0.15, 0.2) is 5.90 Å². The van der Waals surface area contributed by atoms with Gasteiger partial charge in [0.05, 0.1) is 6.54 Å². The molecule has 0 spiro atoms. The van der Waals surface area contributed by atoms with E-state index in [1.807, 2.05) is 24.3 Å². The van der Waals surface area contributed by atoms with Crippen molar-refractivity contribution in [2.75, 3.05) is 6.54 Å². The SMILES string of the molecule is O=C(O)C1CN=C(Cc2ccccc2Br)O1. The number of hydrogen-bond acceptors (Lipinski definition) is 3. The van der Waals surface area contributed by atoms with Gasteiger partial charge in [-0.1, -0.05) is 34.1 Å². The molecule has 0 fully saturated rings. The minimum absolute atomic E-state index is 0.203. The lowest BCUT2D eigenvalue weighted by Crippen LogP contribution is -2.24. The maximum Gasteiger partial charge on any atom is 0.346 e. The minimum atomic E-state index is -0.967. The van der Waals surface area contributed by atoms with Gasteiger partial charge in [0.25, 0.3) is 0 Å². The van der Waals surface area contributed by atoms with Crippen molar-refractivity contribution in [2.45, 2.75) is 12.5 Å². The number of halogens is 1. The van der Waals surface area contributed by atoms with Crippen molar-refractivity contribution >= 4 is 27.8 Å². The summed E-state index contributed by atoms with van der Waals surface area (Å²) in [6.07, 6.45) is -0.303. The molecule has 0 radical (unpaired) electrons. The second-order valence-electron chi connectivity index (χ2n) is 3.45. The number of carboxylic acid groups (broad SMARTS) is 1. The Balaban J connectivity index is 2.03. The van der Waals surface area contributed by atoms with Crippen LogP contribution in [-0.2, 0) is 16.0 Å². The number of aliphatic carboxylic acids is 1. The smallest absolute Gasteiger partial charge is 0.346 e. The summed E-state index contributed by atoms with van der Waals surface area (Å²) < 4.78 is 6.18. The molecular weight excluding hydrogens is 274 g/mol. The fourth-order valence-corrected chi connectivity index (χ4v) is 1.88. The van der Waals surface area contributed by atoms with E-state index >= 15 is 0 Å². The maximum atomic E-state index is 10.7. The first-order valence-corrected chi connectivity index (χ1v) is 5.62. The summed E-state index contributed by atoms with van der Waals surface area (Å²) in [6, 6.07) is 7.72. The molecule has 0 aromatic heterocycles. The molecular formula is C11H10BrNO3. The van der Waals surface area contributed by atoms with E-state index in [4.69, 9.17) is 9.84 Å². The van der Waals surface area contributed by atoms with Gasteiger partial charge in [0, 0.05) is 10.9 Å². The molecule has 0 aliphatic carbocycles. The van der Waals surface area contributed by atoms with Crippen LogP contribution in [0, 0.1) is 0 Å². The van der Waals surface area contributed by atoms with Crippen LogP contribution in [-0.4, -0.2) is 29.6 Å². The summed E-state index contributed by atoms with van der Waals surface area (Å²) >= 11 is 3.42. The Morgan fingerprint density at radius 3 is 2.94 bits per heavy atom. The quantitative estimate of drug-likeness (QED) is 0.921. The lowest BCUT2D eigenvalue weighted by atomic mass is 10.1. The fourth-order valence-electron chi connectivity index (χ4n) is 1.45. The first kappa shape index (κ1) is 11.1. The number of aliphatic imine (C=N–C) groups is 1. The van der Waals surface area contributed by atoms with Gasteiger partial charge < -0.3 is 9.84 Å². The summed E-state index contributed by atoms with van der Waals surface area (Å²) in [6.45, 7) is 0.203. The first-order valence-electron chi connectivity index (χ1n) is 4.83. The molecule has 1 aliphatic rings. The summed E-state index contributed by atoms with van der Waals surface area (Å²) in [4.78, 5) is 14.7. The Kier molecular flexibility index (Phi) is 3.24. The predicted molar refractivity (Wildman–Crippen MR) is 62.7 cm³/mol. The molecule has 16 heavy (non-hydrogen) atoms. The zero-order valence-corrected chi connectivity index (χ0v) is 9.98. The van der Waals surface area contributed by atoms with Crippen molar-refractivity contribution < 1.29 is 14.6 Å². The van der Waals surface area contributed by atoms with Crippen LogP contribution in [0.2, 0.25) is 0 Å². The average Bonchev–Trinajstić information content (AvgIpc) is 2.70. The molecule has 0 saturated carbocycles. The van der Waals surface area contributed by atoms with E-state index < -0.39 is 12.1 Å². The zero-order chi connectivity index (χ0) is 11.5. The van der Waals surface area contributed by atoms with E-state index in [1.165, 1.54) is 0 Å². The normalized spacial score (nSPS) is 19.1. The molecule has 0 saturated heterocycles. The van der Waals surface area contributed by atoms with Crippen LogP contribution in [0.3, 0.4) is 0 Å². The highest BCUT2D eigenvalue weighted by Crippen LogP contribution is 2.18. The van der Waals surface area contributed by atoms with E-state index in [1.54, 1.807) is 0 Å². The van der Waals surface area contributed by atoms with Crippen LogP contribution in [0.4, 0.5) is 0 Å². The Morgan fingerprint density at radius 1 is 1.56 bits per heavy atom. The molecule has 4 nitrogen and oxygen atoms in total. The second kappa shape index (κ2) is 4.65. The van der Waals surface area contributed by atoms with Crippen molar-refractivity contribution in [1.29, 1.82) is 0 Å². The molecule has 1 aromatic carbocycles. The predicted octanol–water partition coefficient (Wildman–Crippen LogP) is 1.87. The average molecular weight is 284 g/mol. The van der Waals surface area contributed by atoms with Gasteiger partial charge in [-0.2, -0.15) is 0 Å². The van der Waals surface area contributed by atoms with Crippen molar-refractivity contribution in [3.8, 4) is 0 Å². The monoisotopic (exact) mass is 283 g/mol. The molecule has 84 valence electrons. The molecule has 1 N–H and O–H groups in total. The van der Waals surface area contributed by atoms with E-state index in [9.17, 15) is 4.79 Å². The largest absolute Gasteiger partial charge is 0.478 e. The molecule has 5 heteroatoms. The van der Waals surface area contributed by atoms with Crippen LogP contribution in [0.15, 0.2) is 33.7 Å². The highest BCUT2D eigenvalue weighted by atomic mass is 79.9. The Hall–Kier alpha value is -1.36. The molecule has 1 atom stereocenters. The Bertz CT molecular complexity index is 445. The summed E-state index contributed by atoms with van der Waals surface area (Å²) in [5.74, 6) is -0.481. The van der Waals surface area contributed by atoms with Gasteiger partial charge in [-0.05, 0) is 11.6 Å². The summed E-state index contributed by atoms with van der Waals surface area (Å²) in [5.41, 5.74) is 1.03. The standard InChI is InChI=1S/C11H10BrNO3/c12-8-4-2-1-3-7(8)5-10-13-6-9(16-10)11(14)15/h1-4,9H,5-6H2,(H,14,15). The van der Waals surface area contributed by atoms with Gasteiger partial charge in [0.1, 0.15) is 0 Å². The molecule has 0 amide bonds. The van der Waals surface area contributed by atoms with E-state index in [2.05, 4.69) is 20.9 Å². The third kappa shape index (κ3) is 2.41. The highest BCUT2D eigenvalue weighted by Gasteiger charge is 2.26. The van der Waals surface area contributed by atoms with Crippen LogP contribution in [0.25, 0.3) is 0 Å². The topological polar surface area (TPSA) is 58.9 Å². The van der Waals surface area contributed by atoms with Crippen LogP contribution in [0.1, 0.15) is 5.56 Å². The van der Waals surface area contributed by atoms with Gasteiger partial charge >= 0.3 is 5.97 Å². The van der Waals surface area contributed by atoms with Crippen molar-refractivity contribution in [3.05, 3.63) is 34.3 Å². The molecule has 1 heterocycles. The minimum Gasteiger partial charge on any atom is -0.478 e. The number of rotatable bonds is 3. The van der Waals surface area contributed by atoms with Crippen LogP contribution < -0.4 is 0 Å². The third-order valence-corrected chi connectivity index (χ3v) is 3.06.